The Kier molecular flexibility index (Phi) is 5.12. The number of aromatic nitrogens is 4. The number of H-pyrrole nitrogens is 1. The summed E-state index contributed by atoms with van der Waals surface area (Å²) < 4.78 is 5.53. The molecule has 35 heavy (non-hydrogen) atoms. The van der Waals surface area contributed by atoms with Gasteiger partial charge in [-0.3, -0.25) is 5.10 Å². The average Bonchev–Trinajstić information content (AvgIpc) is 3.55. The first-order valence-electron chi connectivity index (χ1n) is 12.6. The lowest BCUT2D eigenvalue weighted by Gasteiger charge is -2.53. The SMILES string of the molecule is CC(C)(C)OC(=O)N1CC2(CCN(c3nc(Nc4cc(C5CC5)[nH]n4)c4ccccc4n3)CC2)C1. The molecular formula is C26H33N7O2. The number of nitrogens with one attached hydrogen (secondary N) is 2. The van der Waals surface area contributed by atoms with Crippen LogP contribution in [-0.4, -0.2) is 62.9 Å². The first-order valence-corrected chi connectivity index (χ1v) is 12.6. The third-order valence-electron chi connectivity index (χ3n) is 7.26. The maximum atomic E-state index is 12.4. The van der Waals surface area contributed by atoms with Gasteiger partial charge in [0.25, 0.3) is 0 Å². The molecule has 1 saturated carbocycles. The van der Waals surface area contributed by atoms with Crippen molar-refractivity contribution in [3.8, 4) is 0 Å². The summed E-state index contributed by atoms with van der Waals surface area (Å²) in [5.41, 5.74) is 1.82. The van der Waals surface area contributed by atoms with Crippen molar-refractivity contribution >= 4 is 34.6 Å². The van der Waals surface area contributed by atoms with Crippen molar-refractivity contribution < 1.29 is 9.53 Å². The van der Waals surface area contributed by atoms with Gasteiger partial charge in [0.15, 0.2) is 5.82 Å². The van der Waals surface area contributed by atoms with Gasteiger partial charge in [0.1, 0.15) is 11.4 Å². The van der Waals surface area contributed by atoms with Crippen molar-refractivity contribution in [1.29, 1.82) is 0 Å². The zero-order valence-electron chi connectivity index (χ0n) is 20.7. The molecule has 0 unspecified atom stereocenters. The Bertz CT molecular complexity index is 1240. The summed E-state index contributed by atoms with van der Waals surface area (Å²) in [6, 6.07) is 10.2. The summed E-state index contributed by atoms with van der Waals surface area (Å²) in [6.07, 6.45) is 4.27. The highest BCUT2D eigenvalue weighted by Crippen LogP contribution is 2.42. The number of rotatable bonds is 4. The second-order valence-corrected chi connectivity index (χ2v) is 11.3. The van der Waals surface area contributed by atoms with Crippen molar-refractivity contribution in [3.63, 3.8) is 0 Å². The molecule has 2 N–H and O–H groups in total. The molecule has 3 fully saturated rings. The Morgan fingerprint density at radius 1 is 1.14 bits per heavy atom. The summed E-state index contributed by atoms with van der Waals surface area (Å²) >= 11 is 0. The third-order valence-corrected chi connectivity index (χ3v) is 7.26. The molecule has 6 rings (SSSR count). The molecule has 4 heterocycles. The number of anilines is 3. The number of hydrogen-bond donors (Lipinski definition) is 2. The molecule has 3 aliphatic rings. The molecule has 2 aliphatic heterocycles. The van der Waals surface area contributed by atoms with E-state index in [-0.39, 0.29) is 11.5 Å². The lowest BCUT2D eigenvalue weighted by molar-refractivity contribution is -0.0435. The number of aromatic amines is 1. The largest absolute Gasteiger partial charge is 0.444 e. The normalized spacial score (nSPS) is 19.6. The van der Waals surface area contributed by atoms with Crippen molar-refractivity contribution in [1.82, 2.24) is 25.1 Å². The predicted molar refractivity (Wildman–Crippen MR) is 135 cm³/mol. The smallest absolute Gasteiger partial charge is 0.410 e. The van der Waals surface area contributed by atoms with Gasteiger partial charge in [0.2, 0.25) is 5.95 Å². The van der Waals surface area contributed by atoms with E-state index in [9.17, 15) is 4.79 Å². The monoisotopic (exact) mass is 475 g/mol. The van der Waals surface area contributed by atoms with Crippen LogP contribution in [0.3, 0.4) is 0 Å². The van der Waals surface area contributed by atoms with Crippen LogP contribution in [0, 0.1) is 5.41 Å². The number of nitrogens with zero attached hydrogens (tertiary/aromatic N) is 5. The molecule has 0 atom stereocenters. The van der Waals surface area contributed by atoms with Gasteiger partial charge < -0.3 is 19.9 Å². The van der Waals surface area contributed by atoms with E-state index >= 15 is 0 Å². The molecule has 3 aromatic rings. The van der Waals surface area contributed by atoms with Crippen LogP contribution in [0.15, 0.2) is 30.3 Å². The first kappa shape index (κ1) is 22.1. The summed E-state index contributed by atoms with van der Waals surface area (Å²) in [5.74, 6) is 2.92. The van der Waals surface area contributed by atoms with Crippen LogP contribution in [0.2, 0.25) is 0 Å². The van der Waals surface area contributed by atoms with Gasteiger partial charge in [0, 0.05) is 54.7 Å². The average molecular weight is 476 g/mol. The van der Waals surface area contributed by atoms with Gasteiger partial charge in [-0.25, -0.2) is 9.78 Å². The number of carbonyl (C=O) groups excluding carboxylic acids is 1. The molecule has 2 aromatic heterocycles. The van der Waals surface area contributed by atoms with Gasteiger partial charge >= 0.3 is 6.09 Å². The van der Waals surface area contributed by atoms with Crippen LogP contribution in [-0.2, 0) is 4.74 Å². The van der Waals surface area contributed by atoms with Gasteiger partial charge in [-0.2, -0.15) is 10.1 Å². The zero-order valence-corrected chi connectivity index (χ0v) is 20.7. The fourth-order valence-electron chi connectivity index (χ4n) is 5.14. The Hall–Kier alpha value is -3.36. The minimum Gasteiger partial charge on any atom is -0.444 e. The summed E-state index contributed by atoms with van der Waals surface area (Å²) in [7, 11) is 0. The Labute approximate surface area is 205 Å². The number of amides is 1. The van der Waals surface area contributed by atoms with Crippen LogP contribution < -0.4 is 10.2 Å². The number of hydrogen-bond acceptors (Lipinski definition) is 7. The van der Waals surface area contributed by atoms with E-state index in [0.29, 0.717) is 5.92 Å². The molecule has 184 valence electrons. The Balaban J connectivity index is 1.15. The minimum absolute atomic E-state index is 0.180. The zero-order chi connectivity index (χ0) is 24.2. The summed E-state index contributed by atoms with van der Waals surface area (Å²) in [6.45, 7) is 8.99. The second-order valence-electron chi connectivity index (χ2n) is 11.3. The summed E-state index contributed by atoms with van der Waals surface area (Å²) in [5, 5.41) is 12.0. The lowest BCUT2D eigenvalue weighted by Crippen LogP contribution is -2.62. The van der Waals surface area contributed by atoms with E-state index in [0.717, 1.165) is 67.5 Å². The maximum Gasteiger partial charge on any atom is 0.410 e. The van der Waals surface area contributed by atoms with E-state index in [1.807, 2.05) is 49.9 Å². The van der Waals surface area contributed by atoms with E-state index in [2.05, 4.69) is 26.5 Å². The van der Waals surface area contributed by atoms with Gasteiger partial charge in [0.05, 0.1) is 5.52 Å². The quantitative estimate of drug-likeness (QED) is 0.558. The third kappa shape index (κ3) is 4.51. The van der Waals surface area contributed by atoms with Crippen molar-refractivity contribution in [2.75, 3.05) is 36.4 Å². The molecule has 1 aliphatic carbocycles. The number of fused-ring (bicyclic) bond motifs is 1. The van der Waals surface area contributed by atoms with Gasteiger partial charge in [-0.1, -0.05) is 12.1 Å². The van der Waals surface area contributed by atoms with Crippen molar-refractivity contribution in [3.05, 3.63) is 36.0 Å². The molecule has 0 bridgehead atoms. The number of carbonyl (C=O) groups is 1. The van der Waals surface area contributed by atoms with E-state index in [1.165, 1.54) is 18.5 Å². The number of likely N-dealkylation sites (tertiary alicyclic amines) is 1. The first-order chi connectivity index (χ1) is 16.8. The molecule has 1 spiro atoms. The topological polar surface area (TPSA) is 99.3 Å². The van der Waals surface area contributed by atoms with Crippen LogP contribution in [0.1, 0.15) is 58.1 Å². The Morgan fingerprint density at radius 3 is 2.60 bits per heavy atom. The fourth-order valence-corrected chi connectivity index (χ4v) is 5.14. The van der Waals surface area contributed by atoms with Crippen molar-refractivity contribution in [2.24, 2.45) is 5.41 Å². The van der Waals surface area contributed by atoms with E-state index < -0.39 is 5.60 Å². The van der Waals surface area contributed by atoms with Gasteiger partial charge in [-0.15, -0.1) is 0 Å². The molecule has 9 nitrogen and oxygen atoms in total. The molecular weight excluding hydrogens is 442 g/mol. The highest BCUT2D eigenvalue weighted by atomic mass is 16.6. The summed E-state index contributed by atoms with van der Waals surface area (Å²) in [4.78, 5) is 26.3. The van der Waals surface area contributed by atoms with E-state index in [1.54, 1.807) is 0 Å². The highest BCUT2D eigenvalue weighted by molar-refractivity contribution is 5.91. The number of piperidine rings is 1. The van der Waals surface area contributed by atoms with Crippen LogP contribution in [0.25, 0.3) is 10.9 Å². The predicted octanol–water partition coefficient (Wildman–Crippen LogP) is 4.81. The lowest BCUT2D eigenvalue weighted by atomic mass is 9.72. The number of ether oxygens (including phenoxy) is 1. The minimum atomic E-state index is -0.461. The van der Waals surface area contributed by atoms with Crippen molar-refractivity contribution in [2.45, 2.75) is 58.0 Å². The molecule has 0 radical (unpaired) electrons. The second kappa shape index (κ2) is 8.10. The fraction of sp³-hybridized carbons (Fsp3) is 0.538. The molecule has 1 amide bonds. The van der Waals surface area contributed by atoms with Crippen LogP contribution in [0.4, 0.5) is 22.4 Å². The Morgan fingerprint density at radius 2 is 1.89 bits per heavy atom. The molecule has 2 saturated heterocycles. The number of para-hydroxylation sites is 1. The van der Waals surface area contributed by atoms with E-state index in [4.69, 9.17) is 14.7 Å². The van der Waals surface area contributed by atoms with Crippen LogP contribution in [0.5, 0.6) is 0 Å². The number of benzene rings is 1. The van der Waals surface area contributed by atoms with Crippen LogP contribution >= 0.6 is 0 Å². The van der Waals surface area contributed by atoms with Gasteiger partial charge in [-0.05, 0) is 58.6 Å². The molecule has 9 heteroatoms. The highest BCUT2D eigenvalue weighted by Gasteiger charge is 2.48. The standard InChI is InChI=1S/C26H33N7O2/c1-25(2,3)35-24(34)33-15-26(16-33)10-12-32(13-11-26)23-27-19-7-5-4-6-18(19)22(29-23)28-21-14-20(30-31-21)17-8-9-17/h4-7,14,17H,8-13,15-16H2,1-3H3,(H2,27,28,29,30,31). The maximum absolute atomic E-state index is 12.4. The molecule has 1 aromatic carbocycles.